The Kier molecular flexibility index (Phi) is 3.27. The normalized spacial score (nSPS) is 12.1. The third-order valence-corrected chi connectivity index (χ3v) is 3.13. The molecule has 0 spiro atoms. The predicted molar refractivity (Wildman–Crippen MR) is 64.7 cm³/mol. The Morgan fingerprint density at radius 3 is 2.53 bits per heavy atom. The van der Waals surface area contributed by atoms with Gasteiger partial charge in [0.25, 0.3) is 0 Å². The fraction of sp³-hybridized carbons (Fsp3) is 0.727. The maximum absolute atomic E-state index is 5.80. The van der Waals surface area contributed by atoms with Crippen LogP contribution in [0.1, 0.15) is 27.7 Å². The number of aryl methyl sites for hydroxylation is 1. The van der Waals surface area contributed by atoms with Crippen molar-refractivity contribution in [3.8, 4) is 0 Å². The molecular formula is C11H22N4. The highest BCUT2D eigenvalue weighted by molar-refractivity contribution is 5.59. The molecule has 0 aromatic carbocycles. The zero-order valence-corrected chi connectivity index (χ0v) is 10.3. The molecule has 1 aromatic rings. The van der Waals surface area contributed by atoms with Crippen LogP contribution in [0.4, 0.5) is 11.5 Å². The number of anilines is 2. The summed E-state index contributed by atoms with van der Waals surface area (Å²) in [6.45, 7) is 9.81. The lowest BCUT2D eigenvalue weighted by Crippen LogP contribution is -2.28. The SMILES string of the molecule is CC(C)C(C)(C)CNc1nn(C)cc1N. The van der Waals surface area contributed by atoms with Crippen LogP contribution < -0.4 is 11.1 Å². The molecule has 0 radical (unpaired) electrons. The molecule has 0 amide bonds. The fourth-order valence-corrected chi connectivity index (χ4v) is 1.16. The van der Waals surface area contributed by atoms with Crippen molar-refractivity contribution in [1.29, 1.82) is 0 Å². The fourth-order valence-electron chi connectivity index (χ4n) is 1.16. The Balaban J connectivity index is 2.61. The third kappa shape index (κ3) is 2.88. The van der Waals surface area contributed by atoms with Crippen LogP contribution >= 0.6 is 0 Å². The van der Waals surface area contributed by atoms with E-state index in [4.69, 9.17) is 5.73 Å². The summed E-state index contributed by atoms with van der Waals surface area (Å²) in [5.74, 6) is 1.40. The Morgan fingerprint density at radius 1 is 1.53 bits per heavy atom. The second-order valence-electron chi connectivity index (χ2n) is 5.10. The molecule has 1 heterocycles. The average molecular weight is 210 g/mol. The van der Waals surface area contributed by atoms with Crippen molar-refractivity contribution in [3.05, 3.63) is 6.20 Å². The molecular weight excluding hydrogens is 188 g/mol. The van der Waals surface area contributed by atoms with Crippen LogP contribution in [-0.4, -0.2) is 16.3 Å². The lowest BCUT2D eigenvalue weighted by Gasteiger charge is -2.29. The van der Waals surface area contributed by atoms with Crippen molar-refractivity contribution >= 4 is 11.5 Å². The third-order valence-electron chi connectivity index (χ3n) is 3.13. The van der Waals surface area contributed by atoms with Gasteiger partial charge in [-0.15, -0.1) is 0 Å². The van der Waals surface area contributed by atoms with E-state index in [2.05, 4.69) is 38.1 Å². The van der Waals surface area contributed by atoms with Crippen LogP contribution in [0.2, 0.25) is 0 Å². The molecule has 0 aliphatic carbocycles. The first-order chi connectivity index (χ1) is 6.83. The molecule has 15 heavy (non-hydrogen) atoms. The number of nitrogens with two attached hydrogens (primary N) is 1. The first-order valence-electron chi connectivity index (χ1n) is 5.36. The number of hydrogen-bond donors (Lipinski definition) is 2. The highest BCUT2D eigenvalue weighted by Gasteiger charge is 2.22. The van der Waals surface area contributed by atoms with E-state index in [0.29, 0.717) is 11.6 Å². The summed E-state index contributed by atoms with van der Waals surface area (Å²) >= 11 is 0. The Labute approximate surface area is 91.8 Å². The van der Waals surface area contributed by atoms with Gasteiger partial charge < -0.3 is 11.1 Å². The largest absolute Gasteiger partial charge is 0.394 e. The predicted octanol–water partition coefficient (Wildman–Crippen LogP) is 2.10. The monoisotopic (exact) mass is 210 g/mol. The minimum Gasteiger partial charge on any atom is -0.394 e. The lowest BCUT2D eigenvalue weighted by atomic mass is 9.81. The summed E-state index contributed by atoms with van der Waals surface area (Å²) in [6.07, 6.45) is 1.81. The maximum Gasteiger partial charge on any atom is 0.171 e. The maximum atomic E-state index is 5.80. The molecule has 0 saturated heterocycles. The first kappa shape index (κ1) is 11.9. The molecule has 3 N–H and O–H groups in total. The van der Waals surface area contributed by atoms with Crippen LogP contribution in [0.15, 0.2) is 6.20 Å². The van der Waals surface area contributed by atoms with E-state index in [0.717, 1.165) is 12.4 Å². The standard InChI is InChI=1S/C11H22N4/c1-8(2)11(3,4)7-13-10-9(12)6-15(5)14-10/h6,8H,7,12H2,1-5H3,(H,13,14). The van der Waals surface area contributed by atoms with Crippen molar-refractivity contribution in [2.24, 2.45) is 18.4 Å². The summed E-state index contributed by atoms with van der Waals surface area (Å²) < 4.78 is 1.72. The van der Waals surface area contributed by atoms with Crippen LogP contribution in [-0.2, 0) is 7.05 Å². The first-order valence-corrected chi connectivity index (χ1v) is 5.36. The number of nitrogen functional groups attached to an aromatic ring is 1. The molecule has 0 fully saturated rings. The minimum atomic E-state index is 0.240. The van der Waals surface area contributed by atoms with Crippen molar-refractivity contribution in [2.75, 3.05) is 17.6 Å². The Morgan fingerprint density at radius 2 is 2.13 bits per heavy atom. The van der Waals surface area contributed by atoms with E-state index in [1.165, 1.54) is 0 Å². The van der Waals surface area contributed by atoms with Gasteiger partial charge in [-0.05, 0) is 11.3 Å². The zero-order valence-electron chi connectivity index (χ0n) is 10.3. The smallest absolute Gasteiger partial charge is 0.171 e. The van der Waals surface area contributed by atoms with Crippen molar-refractivity contribution in [1.82, 2.24) is 9.78 Å². The number of nitrogens with one attached hydrogen (secondary N) is 1. The second kappa shape index (κ2) is 4.13. The lowest BCUT2D eigenvalue weighted by molar-refractivity contribution is 0.269. The topological polar surface area (TPSA) is 55.9 Å². The van der Waals surface area contributed by atoms with Crippen molar-refractivity contribution in [2.45, 2.75) is 27.7 Å². The molecule has 0 aliphatic rings. The van der Waals surface area contributed by atoms with Crippen LogP contribution in [0.3, 0.4) is 0 Å². The molecule has 0 atom stereocenters. The van der Waals surface area contributed by atoms with E-state index < -0.39 is 0 Å². The van der Waals surface area contributed by atoms with Crippen molar-refractivity contribution in [3.63, 3.8) is 0 Å². The minimum absolute atomic E-state index is 0.240. The molecule has 4 nitrogen and oxygen atoms in total. The molecule has 0 saturated carbocycles. The summed E-state index contributed by atoms with van der Waals surface area (Å²) in [5.41, 5.74) is 6.75. The zero-order chi connectivity index (χ0) is 11.6. The quantitative estimate of drug-likeness (QED) is 0.800. The number of hydrogen-bond acceptors (Lipinski definition) is 3. The summed E-state index contributed by atoms with van der Waals surface area (Å²) in [4.78, 5) is 0. The molecule has 4 heteroatoms. The van der Waals surface area contributed by atoms with E-state index >= 15 is 0 Å². The van der Waals surface area contributed by atoms with Crippen molar-refractivity contribution < 1.29 is 0 Å². The molecule has 0 unspecified atom stereocenters. The van der Waals surface area contributed by atoms with Gasteiger partial charge in [-0.1, -0.05) is 27.7 Å². The molecule has 0 aliphatic heterocycles. The molecule has 1 rings (SSSR count). The van der Waals surface area contributed by atoms with E-state index in [9.17, 15) is 0 Å². The summed E-state index contributed by atoms with van der Waals surface area (Å²) in [7, 11) is 1.87. The van der Waals surface area contributed by atoms with Gasteiger partial charge in [0.2, 0.25) is 0 Å². The molecule has 86 valence electrons. The Bertz CT molecular complexity index is 325. The second-order valence-corrected chi connectivity index (χ2v) is 5.10. The van der Waals surface area contributed by atoms with E-state index in [1.54, 1.807) is 4.68 Å². The highest BCUT2D eigenvalue weighted by atomic mass is 15.3. The van der Waals surface area contributed by atoms with E-state index in [-0.39, 0.29) is 5.41 Å². The van der Waals surface area contributed by atoms with E-state index in [1.807, 2.05) is 13.2 Å². The van der Waals surface area contributed by atoms with Crippen LogP contribution in [0.25, 0.3) is 0 Å². The van der Waals surface area contributed by atoms with Gasteiger partial charge in [0.15, 0.2) is 5.82 Å². The van der Waals surface area contributed by atoms with Gasteiger partial charge in [-0.25, -0.2) is 0 Å². The summed E-state index contributed by atoms with van der Waals surface area (Å²) in [5, 5.41) is 7.55. The molecule has 1 aromatic heterocycles. The number of aromatic nitrogens is 2. The van der Waals surface area contributed by atoms with Gasteiger partial charge in [-0.2, -0.15) is 5.10 Å². The number of nitrogens with zero attached hydrogens (tertiary/aromatic N) is 2. The molecule has 0 bridgehead atoms. The number of rotatable bonds is 4. The van der Waals surface area contributed by atoms with Gasteiger partial charge in [0.05, 0.1) is 5.69 Å². The Hall–Kier alpha value is -1.19. The van der Waals surface area contributed by atoms with Gasteiger partial charge in [0.1, 0.15) is 0 Å². The van der Waals surface area contributed by atoms with Crippen LogP contribution in [0, 0.1) is 11.3 Å². The average Bonchev–Trinajstić information content (AvgIpc) is 2.41. The van der Waals surface area contributed by atoms with Crippen LogP contribution in [0.5, 0.6) is 0 Å². The highest BCUT2D eigenvalue weighted by Crippen LogP contribution is 2.27. The van der Waals surface area contributed by atoms with Gasteiger partial charge in [-0.3, -0.25) is 4.68 Å². The summed E-state index contributed by atoms with van der Waals surface area (Å²) in [6, 6.07) is 0. The van der Waals surface area contributed by atoms with Gasteiger partial charge >= 0.3 is 0 Å². The van der Waals surface area contributed by atoms with Gasteiger partial charge in [0, 0.05) is 19.8 Å².